The van der Waals surface area contributed by atoms with Crippen LogP contribution in [0.5, 0.6) is 0 Å². The van der Waals surface area contributed by atoms with Crippen molar-refractivity contribution in [1.29, 1.82) is 0 Å². The van der Waals surface area contributed by atoms with Gasteiger partial charge in [-0.15, -0.1) is 0 Å². The largest absolute Gasteiger partial charge is 0.446 e. The summed E-state index contributed by atoms with van der Waals surface area (Å²) in [4.78, 5) is 26.3. The van der Waals surface area contributed by atoms with E-state index >= 15 is 0 Å². The van der Waals surface area contributed by atoms with E-state index in [9.17, 15) is 14.7 Å². The van der Waals surface area contributed by atoms with Crippen molar-refractivity contribution in [2.75, 3.05) is 13.1 Å². The number of ether oxygens (including phenoxy) is 2. The number of likely N-dealkylation sites (tertiary alicyclic amines) is 1. The molecule has 0 aromatic carbocycles. The van der Waals surface area contributed by atoms with Gasteiger partial charge in [0.05, 0.1) is 11.6 Å². The zero-order valence-corrected chi connectivity index (χ0v) is 16.6. The lowest BCUT2D eigenvalue weighted by Crippen LogP contribution is -2.58. The molecule has 6 atom stereocenters. The zero-order valence-electron chi connectivity index (χ0n) is 16.6. The Morgan fingerprint density at radius 2 is 1.81 bits per heavy atom. The van der Waals surface area contributed by atoms with Crippen LogP contribution in [0.25, 0.3) is 0 Å². The minimum atomic E-state index is -0.537. The van der Waals surface area contributed by atoms with Gasteiger partial charge in [-0.3, -0.25) is 0 Å². The number of rotatable bonds is 2. The number of nitrogens with one attached hydrogen (secondary N) is 1. The van der Waals surface area contributed by atoms with Crippen LogP contribution in [0.3, 0.4) is 0 Å². The van der Waals surface area contributed by atoms with Crippen LogP contribution in [-0.2, 0) is 9.47 Å². The maximum absolute atomic E-state index is 12.7. The highest BCUT2D eigenvalue weighted by Gasteiger charge is 2.56. The topological polar surface area (TPSA) is 88.1 Å². The van der Waals surface area contributed by atoms with E-state index in [1.165, 1.54) is 0 Å². The van der Waals surface area contributed by atoms with Crippen LogP contribution in [0.15, 0.2) is 0 Å². The fourth-order valence-electron chi connectivity index (χ4n) is 5.84. The van der Waals surface area contributed by atoms with Gasteiger partial charge in [0.15, 0.2) is 0 Å². The van der Waals surface area contributed by atoms with E-state index in [-0.39, 0.29) is 18.2 Å². The van der Waals surface area contributed by atoms with Crippen LogP contribution in [0.4, 0.5) is 9.59 Å². The number of carbonyl (C=O) groups is 2. The Bertz CT molecular complexity index is 600. The molecular formula is C20H32N2O5. The van der Waals surface area contributed by atoms with E-state index in [0.29, 0.717) is 37.3 Å². The normalized spacial score (nSPS) is 40.1. The Kier molecular flexibility index (Phi) is 4.56. The van der Waals surface area contributed by atoms with Gasteiger partial charge in [-0.1, -0.05) is 0 Å². The Morgan fingerprint density at radius 3 is 2.41 bits per heavy atom. The van der Waals surface area contributed by atoms with Gasteiger partial charge in [0.25, 0.3) is 0 Å². The van der Waals surface area contributed by atoms with Gasteiger partial charge in [-0.25, -0.2) is 9.59 Å². The number of aliphatic hydroxyl groups is 1. The van der Waals surface area contributed by atoms with Crippen molar-refractivity contribution in [3.63, 3.8) is 0 Å². The summed E-state index contributed by atoms with van der Waals surface area (Å²) in [6.07, 6.45) is 4.50. The monoisotopic (exact) mass is 380 g/mol. The molecule has 0 aromatic rings. The average molecular weight is 380 g/mol. The minimum Gasteiger partial charge on any atom is -0.446 e. The second kappa shape index (κ2) is 6.54. The molecule has 152 valence electrons. The van der Waals surface area contributed by atoms with Gasteiger partial charge in [-0.05, 0) is 77.0 Å². The Balaban J connectivity index is 1.28. The zero-order chi connectivity index (χ0) is 19.4. The molecule has 4 saturated carbocycles. The molecule has 2 amide bonds. The van der Waals surface area contributed by atoms with Crippen molar-refractivity contribution in [3.8, 4) is 0 Å². The first kappa shape index (κ1) is 18.8. The minimum absolute atomic E-state index is 0.0628. The van der Waals surface area contributed by atoms with Crippen LogP contribution in [0.2, 0.25) is 0 Å². The third-order valence-electron chi connectivity index (χ3n) is 6.56. The Morgan fingerprint density at radius 1 is 1.15 bits per heavy atom. The SMILES string of the molecule is CC(C)(C)OC(=O)N[C@@H]1CCN(C(=O)OC2C3CC4C[C@@H]2C[C@@](O)(C4)C3)C1. The summed E-state index contributed by atoms with van der Waals surface area (Å²) in [5.74, 6) is 1.18. The van der Waals surface area contributed by atoms with Crippen molar-refractivity contribution < 1.29 is 24.2 Å². The molecule has 5 rings (SSSR count). The standard InChI is InChI=1S/C20H32N2O5/c1-19(2,3)27-17(23)21-15-4-5-22(11-15)18(24)26-16-13-6-12-7-14(16)10-20(25,8-12)9-13/h12-16,25H,4-11H2,1-3H3,(H,21,23)/t12?,13-,14?,15-,16?,20+/m1/s1. The number of hydrogen-bond donors (Lipinski definition) is 2. The van der Waals surface area contributed by atoms with Crippen molar-refractivity contribution in [2.24, 2.45) is 17.8 Å². The van der Waals surface area contributed by atoms with Gasteiger partial charge in [0, 0.05) is 13.1 Å². The van der Waals surface area contributed by atoms with E-state index in [0.717, 1.165) is 32.1 Å². The highest BCUT2D eigenvalue weighted by atomic mass is 16.6. The summed E-state index contributed by atoms with van der Waals surface area (Å²) in [7, 11) is 0. The lowest BCUT2D eigenvalue weighted by Gasteiger charge is -2.57. The van der Waals surface area contributed by atoms with E-state index in [1.807, 2.05) is 20.8 Å². The lowest BCUT2D eigenvalue weighted by atomic mass is 9.53. The fourth-order valence-corrected chi connectivity index (χ4v) is 5.84. The van der Waals surface area contributed by atoms with Gasteiger partial charge in [0.2, 0.25) is 0 Å². The summed E-state index contributed by atoms with van der Waals surface area (Å²) in [6.45, 7) is 6.51. The molecule has 0 radical (unpaired) electrons. The third-order valence-corrected chi connectivity index (χ3v) is 6.56. The average Bonchev–Trinajstić information content (AvgIpc) is 2.95. The number of hydrogen-bond acceptors (Lipinski definition) is 5. The van der Waals surface area contributed by atoms with Crippen LogP contribution < -0.4 is 5.32 Å². The third kappa shape index (κ3) is 4.03. The fraction of sp³-hybridized carbons (Fsp3) is 0.900. The van der Waals surface area contributed by atoms with Gasteiger partial charge < -0.3 is 24.8 Å². The molecular weight excluding hydrogens is 348 g/mol. The molecule has 0 spiro atoms. The first-order chi connectivity index (χ1) is 12.6. The van der Waals surface area contributed by atoms with Crippen molar-refractivity contribution in [2.45, 2.75) is 82.6 Å². The molecule has 0 aromatic heterocycles. The van der Waals surface area contributed by atoms with Crippen molar-refractivity contribution in [1.82, 2.24) is 10.2 Å². The van der Waals surface area contributed by atoms with E-state index in [1.54, 1.807) is 4.90 Å². The van der Waals surface area contributed by atoms with Gasteiger partial charge >= 0.3 is 12.2 Å². The summed E-state index contributed by atoms with van der Waals surface area (Å²) in [5.41, 5.74) is -1.06. The Hall–Kier alpha value is -1.50. The molecule has 7 heteroatoms. The number of carbonyl (C=O) groups excluding carboxylic acids is 2. The van der Waals surface area contributed by atoms with Crippen LogP contribution >= 0.6 is 0 Å². The summed E-state index contributed by atoms with van der Waals surface area (Å²) >= 11 is 0. The molecule has 1 saturated heterocycles. The van der Waals surface area contributed by atoms with E-state index < -0.39 is 17.3 Å². The van der Waals surface area contributed by atoms with Gasteiger partial charge in [-0.2, -0.15) is 0 Å². The molecule has 5 aliphatic rings. The highest BCUT2D eigenvalue weighted by molar-refractivity contribution is 5.70. The van der Waals surface area contributed by atoms with Crippen LogP contribution in [0, 0.1) is 17.8 Å². The number of amides is 2. The summed E-state index contributed by atoms with van der Waals surface area (Å²) in [6, 6.07) is -0.105. The Labute approximate surface area is 160 Å². The smallest absolute Gasteiger partial charge is 0.410 e. The van der Waals surface area contributed by atoms with Crippen LogP contribution in [0.1, 0.15) is 59.3 Å². The first-order valence-corrected chi connectivity index (χ1v) is 10.3. The number of nitrogens with zero attached hydrogens (tertiary/aromatic N) is 1. The van der Waals surface area contributed by atoms with Gasteiger partial charge in [0.1, 0.15) is 11.7 Å². The molecule has 1 aliphatic heterocycles. The quantitative estimate of drug-likeness (QED) is 0.769. The number of alkyl carbamates (subject to hydrolysis) is 1. The molecule has 2 N–H and O–H groups in total. The maximum atomic E-state index is 12.7. The second-order valence-electron chi connectivity index (χ2n) is 10.1. The molecule has 27 heavy (non-hydrogen) atoms. The molecule has 3 unspecified atom stereocenters. The molecule has 1 heterocycles. The predicted molar refractivity (Wildman–Crippen MR) is 98.1 cm³/mol. The van der Waals surface area contributed by atoms with E-state index in [2.05, 4.69) is 5.32 Å². The predicted octanol–water partition coefficient (Wildman–Crippen LogP) is 2.66. The molecule has 4 aliphatic carbocycles. The van der Waals surface area contributed by atoms with E-state index in [4.69, 9.17) is 9.47 Å². The second-order valence-corrected chi connectivity index (χ2v) is 10.1. The maximum Gasteiger partial charge on any atom is 0.410 e. The highest BCUT2D eigenvalue weighted by Crippen LogP contribution is 2.56. The van der Waals surface area contributed by atoms with Crippen molar-refractivity contribution in [3.05, 3.63) is 0 Å². The summed E-state index contributed by atoms with van der Waals surface area (Å²) < 4.78 is 11.2. The molecule has 5 fully saturated rings. The van der Waals surface area contributed by atoms with Crippen LogP contribution in [-0.4, -0.2) is 58.6 Å². The molecule has 4 bridgehead atoms. The first-order valence-electron chi connectivity index (χ1n) is 10.3. The lowest BCUT2D eigenvalue weighted by molar-refractivity contribution is -0.177. The van der Waals surface area contributed by atoms with Crippen molar-refractivity contribution >= 4 is 12.2 Å². The molecule has 7 nitrogen and oxygen atoms in total. The summed E-state index contributed by atoms with van der Waals surface area (Å²) in [5, 5.41) is 13.5.